The van der Waals surface area contributed by atoms with Crippen LogP contribution in [0.15, 0.2) is 42.9 Å². The maximum Gasteiger partial charge on any atom is 0.317 e. The van der Waals surface area contributed by atoms with Crippen molar-refractivity contribution in [3.63, 3.8) is 0 Å². The van der Waals surface area contributed by atoms with E-state index in [4.69, 9.17) is 14.2 Å². The van der Waals surface area contributed by atoms with Gasteiger partial charge in [-0.3, -0.25) is 4.79 Å². The summed E-state index contributed by atoms with van der Waals surface area (Å²) in [6.07, 6.45) is 4.79. The summed E-state index contributed by atoms with van der Waals surface area (Å²) < 4.78 is 17.8. The van der Waals surface area contributed by atoms with Crippen molar-refractivity contribution < 1.29 is 19.0 Å². The molecule has 8 heteroatoms. The molecule has 1 aliphatic rings. The third-order valence-corrected chi connectivity index (χ3v) is 4.82. The molecule has 0 saturated carbocycles. The van der Waals surface area contributed by atoms with Crippen LogP contribution in [-0.2, 0) is 14.3 Å². The van der Waals surface area contributed by atoms with Crippen molar-refractivity contribution >= 4 is 11.9 Å². The van der Waals surface area contributed by atoms with Crippen molar-refractivity contribution in [2.45, 2.75) is 32.2 Å². The fourth-order valence-corrected chi connectivity index (χ4v) is 3.32. The van der Waals surface area contributed by atoms with E-state index in [0.717, 1.165) is 30.6 Å². The summed E-state index contributed by atoms with van der Waals surface area (Å²) in [6.45, 7) is 7.40. The molecule has 0 amide bonds. The van der Waals surface area contributed by atoms with Gasteiger partial charge < -0.3 is 19.5 Å². The van der Waals surface area contributed by atoms with Gasteiger partial charge in [-0.1, -0.05) is 38.5 Å². The second-order valence-electron chi connectivity index (χ2n) is 6.89. The zero-order chi connectivity index (χ0) is 20.6. The van der Waals surface area contributed by atoms with Gasteiger partial charge in [0.15, 0.2) is 0 Å². The van der Waals surface area contributed by atoms with Crippen LogP contribution >= 0.6 is 0 Å². The van der Waals surface area contributed by atoms with Crippen LogP contribution in [0.3, 0.4) is 0 Å². The number of fused-ring (bicyclic) bond motifs is 1. The van der Waals surface area contributed by atoms with Gasteiger partial charge in [0.05, 0.1) is 19.3 Å². The maximum absolute atomic E-state index is 12.8. The number of hydrogen-bond donors (Lipinski definition) is 1. The van der Waals surface area contributed by atoms with Crippen molar-refractivity contribution in [1.29, 1.82) is 0 Å². The number of hydrogen-bond acceptors (Lipinski definition) is 7. The number of ether oxygens (including phenoxy) is 3. The number of rotatable bonds is 10. The molecule has 2 atom stereocenters. The second-order valence-corrected chi connectivity index (χ2v) is 6.89. The highest BCUT2D eigenvalue weighted by Gasteiger charge is 2.40. The average Bonchev–Trinajstić information content (AvgIpc) is 3.19. The Balaban J connectivity index is 1.81. The van der Waals surface area contributed by atoms with Gasteiger partial charge in [-0.15, -0.1) is 0 Å². The molecule has 1 aromatic heterocycles. The van der Waals surface area contributed by atoms with Crippen LogP contribution in [0, 0.1) is 5.92 Å². The highest BCUT2D eigenvalue weighted by Crippen LogP contribution is 2.38. The predicted octanol–water partition coefficient (Wildman–Crippen LogP) is 3.18. The van der Waals surface area contributed by atoms with Gasteiger partial charge >= 0.3 is 5.97 Å². The number of benzene rings is 1. The van der Waals surface area contributed by atoms with E-state index in [1.807, 2.05) is 24.3 Å². The molecule has 0 unspecified atom stereocenters. The first kappa shape index (κ1) is 20.9. The number of aromatic nitrogens is 3. The Bertz CT molecular complexity index is 818. The number of anilines is 1. The van der Waals surface area contributed by atoms with Gasteiger partial charge in [0, 0.05) is 12.8 Å². The molecule has 0 fully saturated rings. The zero-order valence-electron chi connectivity index (χ0n) is 17.0. The van der Waals surface area contributed by atoms with Gasteiger partial charge in [-0.25, -0.2) is 4.68 Å². The number of esters is 1. The molecule has 29 heavy (non-hydrogen) atoms. The zero-order valence-corrected chi connectivity index (χ0v) is 17.0. The molecule has 1 aliphatic heterocycles. The van der Waals surface area contributed by atoms with Crippen LogP contribution in [0.2, 0.25) is 0 Å². The predicted molar refractivity (Wildman–Crippen MR) is 109 cm³/mol. The molecule has 2 heterocycles. The Morgan fingerprint density at radius 3 is 2.72 bits per heavy atom. The Morgan fingerprint density at radius 2 is 2.00 bits per heavy atom. The third-order valence-electron chi connectivity index (χ3n) is 4.82. The van der Waals surface area contributed by atoms with E-state index in [9.17, 15) is 4.79 Å². The number of unbranched alkanes of at least 4 members (excludes halogenated alkanes) is 2. The van der Waals surface area contributed by atoms with Crippen LogP contribution in [0.25, 0.3) is 0 Å². The minimum absolute atomic E-state index is 0.181. The summed E-state index contributed by atoms with van der Waals surface area (Å²) in [6, 6.07) is 7.30. The van der Waals surface area contributed by atoms with Gasteiger partial charge in [-0.05, 0) is 24.1 Å². The lowest BCUT2D eigenvalue weighted by Crippen LogP contribution is -2.38. The SMILES string of the molecule is C=C1Nc2ncnn2[C@H](c2ccc(OCCCCC)cc2)[C@H]1C(=O)OCCOC. The third kappa shape index (κ3) is 4.95. The average molecular weight is 400 g/mol. The fraction of sp³-hybridized carbons (Fsp3) is 0.476. The lowest BCUT2D eigenvalue weighted by molar-refractivity contribution is -0.149. The molecule has 0 spiro atoms. The molecule has 0 saturated heterocycles. The van der Waals surface area contributed by atoms with Crippen molar-refractivity contribution in [3.05, 3.63) is 48.4 Å². The molecule has 0 radical (unpaired) electrons. The smallest absolute Gasteiger partial charge is 0.317 e. The van der Waals surface area contributed by atoms with Crippen LogP contribution in [0.5, 0.6) is 5.75 Å². The summed E-state index contributed by atoms with van der Waals surface area (Å²) in [5, 5.41) is 7.36. The van der Waals surface area contributed by atoms with Crippen molar-refractivity contribution in [1.82, 2.24) is 14.8 Å². The molecule has 8 nitrogen and oxygen atoms in total. The van der Waals surface area contributed by atoms with E-state index in [1.165, 1.54) is 6.33 Å². The van der Waals surface area contributed by atoms with Crippen molar-refractivity contribution in [2.75, 3.05) is 32.2 Å². The number of methoxy groups -OCH3 is 1. The topological polar surface area (TPSA) is 87.5 Å². The number of nitrogens with one attached hydrogen (secondary N) is 1. The van der Waals surface area contributed by atoms with Crippen LogP contribution in [0.1, 0.15) is 37.8 Å². The summed E-state index contributed by atoms with van der Waals surface area (Å²) in [7, 11) is 1.56. The molecule has 1 N–H and O–H groups in total. The molecular formula is C21H28N4O4. The van der Waals surface area contributed by atoms with Gasteiger partial charge in [0.1, 0.15) is 24.6 Å². The molecule has 0 bridgehead atoms. The number of nitrogens with zero attached hydrogens (tertiary/aromatic N) is 3. The maximum atomic E-state index is 12.8. The molecule has 2 aromatic rings. The Morgan fingerprint density at radius 1 is 1.21 bits per heavy atom. The van der Waals surface area contributed by atoms with Crippen LogP contribution < -0.4 is 10.1 Å². The molecular weight excluding hydrogens is 372 g/mol. The molecule has 156 valence electrons. The Kier molecular flexibility index (Phi) is 7.24. The lowest BCUT2D eigenvalue weighted by Gasteiger charge is -2.33. The number of carbonyl (C=O) groups is 1. The second kappa shape index (κ2) is 10.1. The van der Waals surface area contributed by atoms with Crippen molar-refractivity contribution in [3.8, 4) is 5.75 Å². The van der Waals surface area contributed by atoms with E-state index in [2.05, 4.69) is 28.9 Å². The van der Waals surface area contributed by atoms with Gasteiger partial charge in [-0.2, -0.15) is 10.1 Å². The first-order valence-corrected chi connectivity index (χ1v) is 9.89. The summed E-state index contributed by atoms with van der Waals surface area (Å²) in [4.78, 5) is 17.0. The summed E-state index contributed by atoms with van der Waals surface area (Å²) in [5.74, 6) is 0.319. The molecule has 0 aliphatic carbocycles. The first-order chi connectivity index (χ1) is 14.2. The van der Waals surface area contributed by atoms with E-state index in [1.54, 1.807) is 11.8 Å². The van der Waals surface area contributed by atoms with Crippen LogP contribution in [-0.4, -0.2) is 47.7 Å². The Labute approximate surface area is 170 Å². The van der Waals surface area contributed by atoms with E-state index in [-0.39, 0.29) is 12.6 Å². The quantitative estimate of drug-likeness (QED) is 0.484. The first-order valence-electron chi connectivity index (χ1n) is 9.89. The lowest BCUT2D eigenvalue weighted by atomic mass is 9.89. The highest BCUT2D eigenvalue weighted by atomic mass is 16.6. The van der Waals surface area contributed by atoms with Gasteiger partial charge in [0.2, 0.25) is 5.95 Å². The number of carbonyl (C=O) groups excluding carboxylic acids is 1. The van der Waals surface area contributed by atoms with Crippen molar-refractivity contribution in [2.24, 2.45) is 5.92 Å². The molecule has 1 aromatic carbocycles. The Hall–Kier alpha value is -2.87. The summed E-state index contributed by atoms with van der Waals surface area (Å²) >= 11 is 0. The normalized spacial score (nSPS) is 18.1. The minimum atomic E-state index is -0.641. The van der Waals surface area contributed by atoms with E-state index < -0.39 is 12.0 Å². The van der Waals surface area contributed by atoms with Crippen LogP contribution in [0.4, 0.5) is 5.95 Å². The van der Waals surface area contributed by atoms with Gasteiger partial charge in [0.25, 0.3) is 0 Å². The standard InChI is InChI=1S/C21H28N4O4/c1-4-5-6-11-28-17-9-7-16(8-10-17)19-18(20(26)29-13-12-27-3)15(2)24-21-22-14-23-25(19)21/h7-10,14,18-19H,2,4-6,11-13H2,1,3H3,(H,22,23,24)/t18-,19+/m0/s1. The summed E-state index contributed by atoms with van der Waals surface area (Å²) in [5.41, 5.74) is 1.42. The largest absolute Gasteiger partial charge is 0.494 e. The fourth-order valence-electron chi connectivity index (χ4n) is 3.32. The molecule has 3 rings (SSSR count). The van der Waals surface area contributed by atoms with E-state index >= 15 is 0 Å². The minimum Gasteiger partial charge on any atom is -0.494 e. The highest BCUT2D eigenvalue weighted by molar-refractivity contribution is 5.79. The monoisotopic (exact) mass is 400 g/mol. The van der Waals surface area contributed by atoms with E-state index in [0.29, 0.717) is 24.9 Å².